The molecule has 0 aliphatic rings. The summed E-state index contributed by atoms with van der Waals surface area (Å²) in [5.41, 5.74) is 1.16. The third-order valence-electron chi connectivity index (χ3n) is 2.03. The highest BCUT2D eigenvalue weighted by molar-refractivity contribution is 9.10. The molecule has 0 spiro atoms. The minimum atomic E-state index is -0.842. The molecule has 2 aromatic heterocycles. The van der Waals surface area contributed by atoms with Gasteiger partial charge in [0.2, 0.25) is 0 Å². The van der Waals surface area contributed by atoms with Gasteiger partial charge in [-0.2, -0.15) is 11.3 Å². The lowest BCUT2D eigenvalue weighted by atomic mass is 10.1. The minimum Gasteiger partial charge on any atom is -0.382 e. The Bertz CT molecular complexity index is 517. The van der Waals surface area contributed by atoms with Crippen molar-refractivity contribution in [2.75, 3.05) is 0 Å². The Labute approximate surface area is 115 Å². The number of hydrogen-bond acceptors (Lipinski definition) is 3. The van der Waals surface area contributed by atoms with Gasteiger partial charge in [0, 0.05) is 21.6 Å². The SMILES string of the molecule is OC(c1cscc1Br)c1ncc(Cl)cc1Cl. The van der Waals surface area contributed by atoms with Gasteiger partial charge in [0.05, 0.1) is 15.7 Å². The van der Waals surface area contributed by atoms with Crippen molar-refractivity contribution in [3.8, 4) is 0 Å². The van der Waals surface area contributed by atoms with Crippen LogP contribution in [0, 0.1) is 0 Å². The van der Waals surface area contributed by atoms with E-state index in [4.69, 9.17) is 23.2 Å². The van der Waals surface area contributed by atoms with Crippen LogP contribution in [0.2, 0.25) is 10.0 Å². The van der Waals surface area contributed by atoms with Crippen LogP contribution in [0.4, 0.5) is 0 Å². The zero-order valence-corrected chi connectivity index (χ0v) is 11.7. The molecular formula is C10H6BrCl2NOS. The van der Waals surface area contributed by atoms with Gasteiger partial charge in [-0.15, -0.1) is 0 Å². The largest absolute Gasteiger partial charge is 0.382 e. The lowest BCUT2D eigenvalue weighted by Crippen LogP contribution is -2.02. The Balaban J connectivity index is 2.41. The molecule has 16 heavy (non-hydrogen) atoms. The van der Waals surface area contributed by atoms with Gasteiger partial charge in [-0.25, -0.2) is 0 Å². The minimum absolute atomic E-state index is 0.359. The first-order valence-corrected chi connectivity index (χ1v) is 6.79. The van der Waals surface area contributed by atoms with Gasteiger partial charge in [-0.1, -0.05) is 23.2 Å². The summed E-state index contributed by atoms with van der Waals surface area (Å²) in [4.78, 5) is 4.04. The van der Waals surface area contributed by atoms with Crippen molar-refractivity contribution in [3.63, 3.8) is 0 Å². The van der Waals surface area contributed by atoms with Gasteiger partial charge < -0.3 is 5.11 Å². The van der Waals surface area contributed by atoms with Gasteiger partial charge in [-0.05, 0) is 27.4 Å². The molecule has 0 amide bonds. The van der Waals surface area contributed by atoms with Crippen molar-refractivity contribution >= 4 is 50.5 Å². The van der Waals surface area contributed by atoms with Gasteiger partial charge in [-0.3, -0.25) is 4.98 Å². The fourth-order valence-electron chi connectivity index (χ4n) is 1.26. The highest BCUT2D eigenvalue weighted by Gasteiger charge is 2.18. The lowest BCUT2D eigenvalue weighted by molar-refractivity contribution is 0.215. The number of hydrogen-bond donors (Lipinski definition) is 1. The zero-order chi connectivity index (χ0) is 11.7. The molecule has 0 saturated heterocycles. The highest BCUT2D eigenvalue weighted by Crippen LogP contribution is 2.34. The van der Waals surface area contributed by atoms with Gasteiger partial charge in [0.15, 0.2) is 0 Å². The molecule has 2 rings (SSSR count). The molecule has 0 aromatic carbocycles. The number of rotatable bonds is 2. The van der Waals surface area contributed by atoms with E-state index in [1.807, 2.05) is 10.8 Å². The predicted molar refractivity (Wildman–Crippen MR) is 70.3 cm³/mol. The Morgan fingerprint density at radius 1 is 1.38 bits per heavy atom. The summed E-state index contributed by atoms with van der Waals surface area (Å²) < 4.78 is 0.845. The number of thiophene rings is 1. The smallest absolute Gasteiger partial charge is 0.124 e. The number of aliphatic hydroxyl groups excluding tert-OH is 1. The van der Waals surface area contributed by atoms with E-state index in [0.29, 0.717) is 15.7 Å². The maximum absolute atomic E-state index is 10.1. The monoisotopic (exact) mass is 337 g/mol. The first-order chi connectivity index (χ1) is 7.59. The van der Waals surface area contributed by atoms with Gasteiger partial charge >= 0.3 is 0 Å². The van der Waals surface area contributed by atoms with Crippen molar-refractivity contribution < 1.29 is 5.11 Å². The number of aromatic nitrogens is 1. The molecule has 2 aromatic rings. The quantitative estimate of drug-likeness (QED) is 0.885. The van der Waals surface area contributed by atoms with E-state index in [-0.39, 0.29) is 0 Å². The summed E-state index contributed by atoms with van der Waals surface area (Å²) in [5.74, 6) is 0. The lowest BCUT2D eigenvalue weighted by Gasteiger charge is -2.11. The molecular weight excluding hydrogens is 333 g/mol. The van der Waals surface area contributed by atoms with E-state index in [1.54, 1.807) is 6.07 Å². The maximum Gasteiger partial charge on any atom is 0.124 e. The molecule has 0 fully saturated rings. The average molecular weight is 339 g/mol. The number of halogens is 3. The Morgan fingerprint density at radius 3 is 2.69 bits per heavy atom. The average Bonchev–Trinajstić information content (AvgIpc) is 2.63. The predicted octanol–water partition coefficient (Wildman–Crippen LogP) is 4.29. The number of nitrogens with zero attached hydrogens (tertiary/aromatic N) is 1. The summed E-state index contributed by atoms with van der Waals surface area (Å²) in [5, 5.41) is 14.7. The van der Waals surface area contributed by atoms with Crippen LogP contribution in [0.1, 0.15) is 17.4 Å². The van der Waals surface area contributed by atoms with Crippen LogP contribution in [-0.4, -0.2) is 10.1 Å². The highest BCUT2D eigenvalue weighted by atomic mass is 79.9. The Morgan fingerprint density at radius 2 is 2.12 bits per heavy atom. The van der Waals surface area contributed by atoms with E-state index in [2.05, 4.69) is 20.9 Å². The van der Waals surface area contributed by atoms with Crippen molar-refractivity contribution in [2.24, 2.45) is 0 Å². The van der Waals surface area contributed by atoms with E-state index in [0.717, 1.165) is 10.0 Å². The van der Waals surface area contributed by atoms with Crippen LogP contribution in [0.3, 0.4) is 0 Å². The molecule has 0 radical (unpaired) electrons. The molecule has 6 heteroatoms. The van der Waals surface area contributed by atoms with Crippen molar-refractivity contribution in [1.82, 2.24) is 4.98 Å². The van der Waals surface area contributed by atoms with Gasteiger partial charge in [0.25, 0.3) is 0 Å². The number of aliphatic hydroxyl groups is 1. The Kier molecular flexibility index (Phi) is 3.87. The zero-order valence-electron chi connectivity index (χ0n) is 7.82. The molecule has 2 heterocycles. The molecule has 0 aliphatic heterocycles. The second-order valence-corrected chi connectivity index (χ2v) is 5.54. The third kappa shape index (κ3) is 2.41. The normalized spacial score (nSPS) is 12.8. The fourth-order valence-corrected chi connectivity index (χ4v) is 3.28. The van der Waals surface area contributed by atoms with Crippen LogP contribution in [0.25, 0.3) is 0 Å². The fraction of sp³-hybridized carbons (Fsp3) is 0.100. The number of pyridine rings is 1. The standard InChI is InChI=1S/C10H6BrCl2NOS/c11-7-4-16-3-6(7)10(15)9-8(13)1-5(12)2-14-9/h1-4,10,15H. The van der Waals surface area contributed by atoms with Crippen LogP contribution in [0.5, 0.6) is 0 Å². The maximum atomic E-state index is 10.1. The Hall–Kier alpha value is -0.130. The third-order valence-corrected chi connectivity index (χ3v) is 4.29. The van der Waals surface area contributed by atoms with Crippen molar-refractivity contribution in [2.45, 2.75) is 6.10 Å². The molecule has 1 N–H and O–H groups in total. The van der Waals surface area contributed by atoms with E-state index in [9.17, 15) is 5.11 Å². The first kappa shape index (κ1) is 12.3. The van der Waals surface area contributed by atoms with Crippen LogP contribution >= 0.6 is 50.5 Å². The molecule has 1 atom stereocenters. The first-order valence-electron chi connectivity index (χ1n) is 4.30. The molecule has 0 saturated carbocycles. The van der Waals surface area contributed by atoms with Gasteiger partial charge in [0.1, 0.15) is 6.10 Å². The summed E-state index contributed by atoms with van der Waals surface area (Å²) in [6.07, 6.45) is 0.622. The second-order valence-electron chi connectivity index (χ2n) is 3.10. The summed E-state index contributed by atoms with van der Waals surface area (Å²) in [6.45, 7) is 0. The summed E-state index contributed by atoms with van der Waals surface area (Å²) in [7, 11) is 0. The van der Waals surface area contributed by atoms with Crippen molar-refractivity contribution in [3.05, 3.63) is 48.8 Å². The molecule has 0 aliphatic carbocycles. The van der Waals surface area contributed by atoms with Crippen LogP contribution < -0.4 is 0 Å². The van der Waals surface area contributed by atoms with Crippen molar-refractivity contribution in [1.29, 1.82) is 0 Å². The summed E-state index contributed by atoms with van der Waals surface area (Å²) >= 11 is 16.6. The van der Waals surface area contributed by atoms with E-state index < -0.39 is 6.10 Å². The van der Waals surface area contributed by atoms with E-state index in [1.165, 1.54) is 17.5 Å². The second kappa shape index (κ2) is 5.02. The summed E-state index contributed by atoms with van der Waals surface area (Å²) in [6, 6.07) is 1.56. The molecule has 0 bridgehead atoms. The molecule has 1 unspecified atom stereocenters. The van der Waals surface area contributed by atoms with E-state index >= 15 is 0 Å². The molecule has 2 nitrogen and oxygen atoms in total. The van der Waals surface area contributed by atoms with Crippen LogP contribution in [-0.2, 0) is 0 Å². The topological polar surface area (TPSA) is 33.1 Å². The molecule has 84 valence electrons. The van der Waals surface area contributed by atoms with Crippen LogP contribution in [0.15, 0.2) is 27.5 Å².